The first kappa shape index (κ1) is 19.5. The Morgan fingerprint density at radius 2 is 1.84 bits per heavy atom. The van der Waals surface area contributed by atoms with Crippen LogP contribution in [0.25, 0.3) is 0 Å². The summed E-state index contributed by atoms with van der Waals surface area (Å²) in [5.41, 5.74) is 1.83. The Balaban J connectivity index is 1.37. The Hall–Kier alpha value is -3.43. The third kappa shape index (κ3) is 3.31. The van der Waals surface area contributed by atoms with Gasteiger partial charge in [0, 0.05) is 16.1 Å². The number of fused-ring (bicyclic) bond motifs is 5. The molecule has 0 unspecified atom stereocenters. The molecule has 1 aliphatic heterocycles. The SMILES string of the molecule is N#Cc1ccccc1COc1ccc(Cl)cc1C=NN1C(=O)[C@@H]2[C@H](C1=O)[C@H]1C=C[C@H]2C1. The van der Waals surface area contributed by atoms with Crippen molar-refractivity contribution in [3.8, 4) is 11.8 Å². The maximum Gasteiger partial charge on any atom is 0.254 e. The lowest BCUT2D eigenvalue weighted by molar-refractivity contribution is -0.140. The second-order valence-corrected chi connectivity index (χ2v) is 8.41. The van der Waals surface area contributed by atoms with E-state index in [1.807, 2.05) is 24.3 Å². The molecule has 2 fully saturated rings. The van der Waals surface area contributed by atoms with Gasteiger partial charge in [0.05, 0.1) is 29.7 Å². The van der Waals surface area contributed by atoms with Gasteiger partial charge < -0.3 is 4.74 Å². The lowest BCUT2D eigenvalue weighted by atomic mass is 9.85. The van der Waals surface area contributed by atoms with Gasteiger partial charge in [0.15, 0.2) is 0 Å². The average molecular weight is 432 g/mol. The summed E-state index contributed by atoms with van der Waals surface area (Å²) < 4.78 is 5.91. The van der Waals surface area contributed by atoms with Crippen molar-refractivity contribution in [2.45, 2.75) is 13.0 Å². The van der Waals surface area contributed by atoms with Gasteiger partial charge in [0.25, 0.3) is 11.8 Å². The van der Waals surface area contributed by atoms with Gasteiger partial charge in [-0.15, -0.1) is 0 Å². The highest BCUT2D eigenvalue weighted by Gasteiger charge is 2.59. The van der Waals surface area contributed by atoms with Crippen molar-refractivity contribution in [3.63, 3.8) is 0 Å². The van der Waals surface area contributed by atoms with E-state index in [0.717, 1.165) is 17.0 Å². The second kappa shape index (κ2) is 7.68. The molecule has 3 aliphatic rings. The Morgan fingerprint density at radius 1 is 1.13 bits per heavy atom. The van der Waals surface area contributed by atoms with Gasteiger partial charge in [-0.1, -0.05) is 42.0 Å². The highest BCUT2D eigenvalue weighted by atomic mass is 35.5. The summed E-state index contributed by atoms with van der Waals surface area (Å²) in [6.07, 6.45) is 6.41. The van der Waals surface area contributed by atoms with Crippen LogP contribution in [0.3, 0.4) is 0 Å². The second-order valence-electron chi connectivity index (χ2n) is 7.97. The van der Waals surface area contributed by atoms with Gasteiger partial charge in [0.1, 0.15) is 12.4 Å². The van der Waals surface area contributed by atoms with Gasteiger partial charge in [-0.25, -0.2) is 0 Å². The number of allylic oxidation sites excluding steroid dienone is 2. The Labute approximate surface area is 184 Å². The van der Waals surface area contributed by atoms with Crippen LogP contribution in [0.2, 0.25) is 5.02 Å². The topological polar surface area (TPSA) is 82.8 Å². The van der Waals surface area contributed by atoms with E-state index in [1.165, 1.54) is 6.21 Å². The van der Waals surface area contributed by atoms with Crippen LogP contribution in [0, 0.1) is 35.0 Å². The number of nitrogens with zero attached hydrogens (tertiary/aromatic N) is 3. The van der Waals surface area contributed by atoms with Crippen molar-refractivity contribution in [2.24, 2.45) is 28.8 Å². The maximum atomic E-state index is 12.8. The third-order valence-corrected chi connectivity index (χ3v) is 6.49. The quantitative estimate of drug-likeness (QED) is 0.408. The van der Waals surface area contributed by atoms with Crippen LogP contribution >= 0.6 is 11.6 Å². The number of rotatable bonds is 5. The lowest BCUT2D eigenvalue weighted by Crippen LogP contribution is -2.28. The van der Waals surface area contributed by atoms with Crippen molar-refractivity contribution in [2.75, 3.05) is 0 Å². The number of hydrogen-bond donors (Lipinski definition) is 0. The monoisotopic (exact) mass is 431 g/mol. The number of halogens is 1. The highest BCUT2D eigenvalue weighted by molar-refractivity contribution is 6.31. The Kier molecular flexibility index (Phi) is 4.84. The zero-order valence-electron chi connectivity index (χ0n) is 16.4. The van der Waals surface area contributed by atoms with Crippen LogP contribution in [-0.4, -0.2) is 23.0 Å². The fourth-order valence-corrected chi connectivity index (χ4v) is 4.96. The first-order valence-corrected chi connectivity index (χ1v) is 10.4. The highest BCUT2D eigenvalue weighted by Crippen LogP contribution is 2.52. The van der Waals surface area contributed by atoms with E-state index < -0.39 is 0 Å². The van der Waals surface area contributed by atoms with E-state index in [9.17, 15) is 14.9 Å². The molecule has 0 spiro atoms. The summed E-state index contributed by atoms with van der Waals surface area (Å²) in [4.78, 5) is 25.6. The molecule has 4 atom stereocenters. The van der Waals surface area contributed by atoms with E-state index in [2.05, 4.69) is 11.2 Å². The van der Waals surface area contributed by atoms with Gasteiger partial charge in [-0.05, 0) is 42.5 Å². The van der Waals surface area contributed by atoms with Crippen LogP contribution in [-0.2, 0) is 16.2 Å². The zero-order valence-corrected chi connectivity index (χ0v) is 17.2. The van der Waals surface area contributed by atoms with Gasteiger partial charge in [-0.3, -0.25) is 9.59 Å². The first-order valence-electron chi connectivity index (χ1n) is 10.1. The molecule has 0 radical (unpaired) electrons. The Morgan fingerprint density at radius 3 is 2.55 bits per heavy atom. The largest absolute Gasteiger partial charge is 0.488 e. The number of hydrogen-bond acceptors (Lipinski definition) is 5. The molecule has 154 valence electrons. The summed E-state index contributed by atoms with van der Waals surface area (Å²) in [5.74, 6) is -0.309. The van der Waals surface area contributed by atoms with E-state index in [1.54, 1.807) is 30.3 Å². The summed E-state index contributed by atoms with van der Waals surface area (Å²) in [6.45, 7) is 0.187. The number of benzene rings is 2. The van der Waals surface area contributed by atoms with Crippen molar-refractivity contribution in [3.05, 3.63) is 76.3 Å². The van der Waals surface area contributed by atoms with Crippen molar-refractivity contribution in [1.82, 2.24) is 5.01 Å². The molecular formula is C24H18ClN3O3. The molecule has 5 rings (SSSR count). The van der Waals surface area contributed by atoms with Crippen LogP contribution in [0.15, 0.2) is 59.7 Å². The number of imide groups is 1. The number of ether oxygens (including phenoxy) is 1. The average Bonchev–Trinajstić information content (AvgIpc) is 3.46. The Bertz CT molecular complexity index is 1150. The standard InChI is InChI=1S/C24H18ClN3O3/c25-19-7-8-20(31-13-17-4-2-1-3-16(17)11-26)18(10-19)12-27-28-23(29)21-14-5-6-15(9-14)22(21)24(28)30/h1-8,10,12,14-15,21-22H,9,13H2/t14-,15-,21-,22+/m0/s1. The minimum Gasteiger partial charge on any atom is -0.488 e. The molecule has 2 bridgehead atoms. The molecule has 1 saturated carbocycles. The summed E-state index contributed by atoms with van der Waals surface area (Å²) in [7, 11) is 0. The van der Waals surface area contributed by atoms with Crippen LogP contribution < -0.4 is 4.74 Å². The van der Waals surface area contributed by atoms with E-state index in [4.69, 9.17) is 16.3 Å². The van der Waals surface area contributed by atoms with Crippen molar-refractivity contribution in [1.29, 1.82) is 5.26 Å². The van der Waals surface area contributed by atoms with Gasteiger partial charge in [0.2, 0.25) is 0 Å². The predicted molar refractivity (Wildman–Crippen MR) is 114 cm³/mol. The normalized spacial score (nSPS) is 26.0. The van der Waals surface area contributed by atoms with Crippen LogP contribution in [0.5, 0.6) is 5.75 Å². The number of carbonyl (C=O) groups excluding carboxylic acids is 2. The number of carbonyl (C=O) groups is 2. The molecule has 7 heteroatoms. The van der Waals surface area contributed by atoms with E-state index >= 15 is 0 Å². The molecule has 1 heterocycles. The lowest BCUT2D eigenvalue weighted by Gasteiger charge is -2.13. The summed E-state index contributed by atoms with van der Waals surface area (Å²) in [6, 6.07) is 14.4. The van der Waals surface area contributed by atoms with Gasteiger partial charge >= 0.3 is 0 Å². The minimum atomic E-state index is -0.294. The summed E-state index contributed by atoms with van der Waals surface area (Å²) in [5, 5.41) is 14.9. The molecule has 0 aromatic heterocycles. The molecule has 2 aromatic rings. The minimum absolute atomic E-state index is 0.136. The van der Waals surface area contributed by atoms with E-state index in [0.29, 0.717) is 21.9 Å². The molecular weight excluding hydrogens is 414 g/mol. The predicted octanol–water partition coefficient (Wildman–Crippen LogP) is 3.93. The van der Waals surface area contributed by atoms with Crippen LogP contribution in [0.4, 0.5) is 0 Å². The number of nitriles is 1. The molecule has 1 saturated heterocycles. The maximum absolute atomic E-state index is 12.8. The van der Waals surface area contributed by atoms with Crippen molar-refractivity contribution < 1.29 is 14.3 Å². The molecule has 2 aliphatic carbocycles. The molecule has 0 N–H and O–H groups in total. The fraction of sp³-hybridized carbons (Fsp3) is 0.250. The van der Waals surface area contributed by atoms with Crippen molar-refractivity contribution >= 4 is 29.6 Å². The third-order valence-electron chi connectivity index (χ3n) is 6.25. The summed E-state index contributed by atoms with van der Waals surface area (Å²) >= 11 is 6.14. The zero-order chi connectivity index (χ0) is 21.5. The van der Waals surface area contributed by atoms with Crippen LogP contribution in [0.1, 0.15) is 23.1 Å². The molecule has 2 aromatic carbocycles. The van der Waals surface area contributed by atoms with Gasteiger partial charge in [-0.2, -0.15) is 15.4 Å². The smallest absolute Gasteiger partial charge is 0.254 e. The molecule has 2 amide bonds. The fourth-order valence-electron chi connectivity index (χ4n) is 4.78. The molecule has 31 heavy (non-hydrogen) atoms. The number of hydrazone groups is 1. The molecule has 6 nitrogen and oxygen atoms in total. The van der Waals surface area contributed by atoms with E-state index in [-0.39, 0.29) is 42.1 Å². The first-order chi connectivity index (χ1) is 15.1. The number of amides is 2.